The van der Waals surface area contributed by atoms with Crippen LogP contribution in [0.2, 0.25) is 0 Å². The quantitative estimate of drug-likeness (QED) is 0.904. The van der Waals surface area contributed by atoms with Gasteiger partial charge in [-0.05, 0) is 63.7 Å². The molecule has 1 saturated heterocycles. The molecule has 3 heterocycles. The summed E-state index contributed by atoms with van der Waals surface area (Å²) in [4.78, 5) is 2.51. The third kappa shape index (κ3) is 3.08. The molecule has 1 N–H and O–H groups in total. The maximum atomic E-state index is 5.20. The van der Waals surface area contributed by atoms with Crippen LogP contribution in [0, 0.1) is 0 Å². The summed E-state index contributed by atoms with van der Waals surface area (Å²) in [6.07, 6.45) is 8.53. The van der Waals surface area contributed by atoms with Crippen molar-refractivity contribution < 1.29 is 0 Å². The Morgan fingerprint density at radius 1 is 1.16 bits per heavy atom. The standard InChI is InChI=1S/C21H30N4/c1-3-16-10-4-5-12-18(16)25-21-17(11-6-8-14-22-21)20(23-25)19-13-7-9-15-24(19)2/h4-5,10,12,19,22H,3,6-9,11,13-15H2,1-2H3. The van der Waals surface area contributed by atoms with Crippen molar-refractivity contribution in [3.63, 3.8) is 0 Å². The summed E-state index contributed by atoms with van der Waals surface area (Å²) in [5.74, 6) is 1.24. The van der Waals surface area contributed by atoms with E-state index in [-0.39, 0.29) is 0 Å². The molecule has 134 valence electrons. The number of fused-ring (bicyclic) bond motifs is 1. The summed E-state index contributed by atoms with van der Waals surface area (Å²) >= 11 is 0. The van der Waals surface area contributed by atoms with Crippen molar-refractivity contribution in [1.29, 1.82) is 0 Å². The van der Waals surface area contributed by atoms with E-state index in [4.69, 9.17) is 5.10 Å². The molecule has 2 aromatic rings. The van der Waals surface area contributed by atoms with Crippen molar-refractivity contribution in [2.45, 2.75) is 57.9 Å². The number of aryl methyl sites for hydroxylation is 1. The van der Waals surface area contributed by atoms with Gasteiger partial charge in [0.1, 0.15) is 5.82 Å². The highest BCUT2D eigenvalue weighted by Crippen LogP contribution is 2.37. The van der Waals surface area contributed by atoms with Crippen molar-refractivity contribution in [2.24, 2.45) is 0 Å². The Morgan fingerprint density at radius 3 is 2.88 bits per heavy atom. The first-order valence-electron chi connectivity index (χ1n) is 9.93. The Kier molecular flexibility index (Phi) is 4.80. The van der Waals surface area contributed by atoms with E-state index in [9.17, 15) is 0 Å². The Bertz CT molecular complexity index is 733. The molecule has 1 aromatic heterocycles. The predicted molar refractivity (Wildman–Crippen MR) is 104 cm³/mol. The van der Waals surface area contributed by atoms with Gasteiger partial charge in [0, 0.05) is 12.1 Å². The van der Waals surface area contributed by atoms with Crippen LogP contribution in [-0.4, -0.2) is 34.8 Å². The highest BCUT2D eigenvalue weighted by Gasteiger charge is 2.30. The maximum Gasteiger partial charge on any atom is 0.133 e. The number of aromatic nitrogens is 2. The lowest BCUT2D eigenvalue weighted by Gasteiger charge is -2.31. The first-order chi connectivity index (χ1) is 12.3. The highest BCUT2D eigenvalue weighted by atomic mass is 15.4. The van der Waals surface area contributed by atoms with E-state index in [0.29, 0.717) is 6.04 Å². The van der Waals surface area contributed by atoms with Crippen LogP contribution in [0.4, 0.5) is 5.82 Å². The molecule has 0 bridgehead atoms. The number of nitrogens with one attached hydrogen (secondary N) is 1. The Morgan fingerprint density at radius 2 is 2.04 bits per heavy atom. The van der Waals surface area contributed by atoms with Gasteiger partial charge in [-0.25, -0.2) is 4.68 Å². The molecule has 0 spiro atoms. The number of likely N-dealkylation sites (tertiary alicyclic amines) is 1. The number of rotatable bonds is 3. The van der Waals surface area contributed by atoms with E-state index < -0.39 is 0 Å². The SMILES string of the molecule is CCc1ccccc1-n1nc(C2CCCCN2C)c2c1NCCCC2. The normalized spacial score (nSPS) is 21.4. The van der Waals surface area contributed by atoms with Crippen molar-refractivity contribution in [3.8, 4) is 5.69 Å². The Hall–Kier alpha value is -1.81. The summed E-state index contributed by atoms with van der Waals surface area (Å²) in [6, 6.07) is 9.18. The molecule has 4 rings (SSSR count). The Labute approximate surface area is 151 Å². The third-order valence-corrected chi connectivity index (χ3v) is 5.85. The van der Waals surface area contributed by atoms with Gasteiger partial charge in [-0.2, -0.15) is 5.10 Å². The van der Waals surface area contributed by atoms with Crippen molar-refractivity contribution in [3.05, 3.63) is 41.1 Å². The Balaban J connectivity index is 1.84. The van der Waals surface area contributed by atoms with Gasteiger partial charge in [0.2, 0.25) is 0 Å². The minimum absolute atomic E-state index is 0.470. The van der Waals surface area contributed by atoms with Crippen LogP contribution in [0.15, 0.2) is 24.3 Å². The fourth-order valence-electron chi connectivity index (χ4n) is 4.41. The van der Waals surface area contributed by atoms with Crippen LogP contribution < -0.4 is 5.32 Å². The minimum atomic E-state index is 0.470. The number of benzene rings is 1. The maximum absolute atomic E-state index is 5.20. The van der Waals surface area contributed by atoms with E-state index in [1.165, 1.54) is 67.0 Å². The van der Waals surface area contributed by atoms with Crippen LogP contribution in [0.25, 0.3) is 5.69 Å². The van der Waals surface area contributed by atoms with Gasteiger partial charge < -0.3 is 5.32 Å². The van der Waals surface area contributed by atoms with Gasteiger partial charge in [0.05, 0.1) is 17.4 Å². The second kappa shape index (κ2) is 7.20. The van der Waals surface area contributed by atoms with Gasteiger partial charge >= 0.3 is 0 Å². The average molecular weight is 338 g/mol. The monoisotopic (exact) mass is 338 g/mol. The second-order valence-electron chi connectivity index (χ2n) is 7.48. The molecule has 0 radical (unpaired) electrons. The molecule has 1 unspecified atom stereocenters. The molecule has 0 saturated carbocycles. The van der Waals surface area contributed by atoms with E-state index in [2.05, 4.69) is 53.1 Å². The smallest absolute Gasteiger partial charge is 0.133 e. The first kappa shape index (κ1) is 16.6. The van der Waals surface area contributed by atoms with Crippen molar-refractivity contribution in [1.82, 2.24) is 14.7 Å². The van der Waals surface area contributed by atoms with Gasteiger partial charge in [0.15, 0.2) is 0 Å². The van der Waals surface area contributed by atoms with Crippen molar-refractivity contribution in [2.75, 3.05) is 25.5 Å². The zero-order valence-corrected chi connectivity index (χ0v) is 15.6. The second-order valence-corrected chi connectivity index (χ2v) is 7.48. The van der Waals surface area contributed by atoms with Gasteiger partial charge in [-0.1, -0.05) is 31.5 Å². The third-order valence-electron chi connectivity index (χ3n) is 5.85. The number of piperidine rings is 1. The summed E-state index contributed by atoms with van der Waals surface area (Å²) < 4.78 is 2.21. The van der Waals surface area contributed by atoms with Crippen LogP contribution >= 0.6 is 0 Å². The average Bonchev–Trinajstić information content (AvgIpc) is 2.83. The van der Waals surface area contributed by atoms with Crippen LogP contribution in [-0.2, 0) is 12.8 Å². The molecule has 0 aliphatic carbocycles. The lowest BCUT2D eigenvalue weighted by molar-refractivity contribution is 0.182. The van der Waals surface area contributed by atoms with Gasteiger partial charge in [0.25, 0.3) is 0 Å². The molecule has 4 heteroatoms. The molecule has 1 aromatic carbocycles. The largest absolute Gasteiger partial charge is 0.370 e. The van der Waals surface area contributed by atoms with E-state index >= 15 is 0 Å². The fraction of sp³-hybridized carbons (Fsp3) is 0.571. The summed E-state index contributed by atoms with van der Waals surface area (Å²) in [6.45, 7) is 4.46. The highest BCUT2D eigenvalue weighted by molar-refractivity contribution is 5.56. The van der Waals surface area contributed by atoms with Gasteiger partial charge in [-0.15, -0.1) is 0 Å². The lowest BCUT2D eigenvalue weighted by atomic mass is 9.96. The van der Waals surface area contributed by atoms with Crippen LogP contribution in [0.5, 0.6) is 0 Å². The molecule has 4 nitrogen and oxygen atoms in total. The topological polar surface area (TPSA) is 33.1 Å². The molecule has 1 fully saturated rings. The number of nitrogens with zero attached hydrogens (tertiary/aromatic N) is 3. The number of hydrogen-bond acceptors (Lipinski definition) is 3. The molecular formula is C21H30N4. The summed E-state index contributed by atoms with van der Waals surface area (Å²) in [7, 11) is 2.26. The molecular weight excluding hydrogens is 308 g/mol. The summed E-state index contributed by atoms with van der Waals surface area (Å²) in [5, 5.41) is 8.90. The zero-order chi connectivity index (χ0) is 17.2. The molecule has 1 atom stereocenters. The number of hydrogen-bond donors (Lipinski definition) is 1. The van der Waals surface area contributed by atoms with Crippen LogP contribution in [0.3, 0.4) is 0 Å². The van der Waals surface area contributed by atoms with E-state index in [1.807, 2.05) is 0 Å². The predicted octanol–water partition coefficient (Wildman–Crippen LogP) is 4.34. The van der Waals surface area contributed by atoms with Crippen LogP contribution in [0.1, 0.15) is 61.9 Å². The zero-order valence-electron chi connectivity index (χ0n) is 15.6. The fourth-order valence-corrected chi connectivity index (χ4v) is 4.41. The molecule has 0 amide bonds. The van der Waals surface area contributed by atoms with Gasteiger partial charge in [-0.3, -0.25) is 4.90 Å². The summed E-state index contributed by atoms with van der Waals surface area (Å²) in [5.41, 5.74) is 5.38. The number of para-hydroxylation sites is 1. The first-order valence-corrected chi connectivity index (χ1v) is 9.93. The molecule has 25 heavy (non-hydrogen) atoms. The van der Waals surface area contributed by atoms with E-state index in [0.717, 1.165) is 19.4 Å². The molecule has 2 aliphatic rings. The van der Waals surface area contributed by atoms with Crippen molar-refractivity contribution >= 4 is 5.82 Å². The lowest BCUT2D eigenvalue weighted by Crippen LogP contribution is -2.30. The number of anilines is 1. The molecule has 2 aliphatic heterocycles. The minimum Gasteiger partial charge on any atom is -0.370 e. The van der Waals surface area contributed by atoms with E-state index in [1.54, 1.807) is 0 Å².